The number of anilines is 1. The number of carbonyl (C=O) groups is 3. The lowest BCUT2D eigenvalue weighted by Gasteiger charge is -2.23. The maximum atomic E-state index is 13.1. The van der Waals surface area contributed by atoms with Gasteiger partial charge in [-0.3, -0.25) is 9.59 Å². The van der Waals surface area contributed by atoms with Crippen LogP contribution < -0.4 is 5.32 Å². The highest BCUT2D eigenvalue weighted by Gasteiger charge is 2.55. The molecule has 0 spiro atoms. The van der Waals surface area contributed by atoms with Gasteiger partial charge in [-0.1, -0.05) is 45.0 Å². The number of fused-ring (bicyclic) bond motifs is 2. The molecule has 32 heavy (non-hydrogen) atoms. The molecular formula is C24H27NO6S. The van der Waals surface area contributed by atoms with Gasteiger partial charge in [0.1, 0.15) is 10.6 Å². The predicted octanol–water partition coefficient (Wildman–Crippen LogP) is 4.32. The molecule has 2 fully saturated rings. The summed E-state index contributed by atoms with van der Waals surface area (Å²) in [5.41, 5.74) is 2.94. The van der Waals surface area contributed by atoms with E-state index in [1.807, 2.05) is 24.3 Å². The number of rotatable bonds is 5. The molecule has 0 radical (unpaired) electrons. The van der Waals surface area contributed by atoms with Crippen molar-refractivity contribution in [2.75, 3.05) is 12.4 Å². The van der Waals surface area contributed by atoms with Gasteiger partial charge in [-0.05, 0) is 29.4 Å². The second-order valence-electron chi connectivity index (χ2n) is 9.34. The summed E-state index contributed by atoms with van der Waals surface area (Å²) in [6, 6.07) is 7.95. The number of methoxy groups -OCH3 is 1. The van der Waals surface area contributed by atoms with Crippen molar-refractivity contribution < 1.29 is 29.0 Å². The van der Waals surface area contributed by atoms with Crippen LogP contribution in [-0.2, 0) is 24.5 Å². The molecule has 2 aromatic rings. The molecular weight excluding hydrogens is 430 g/mol. The summed E-state index contributed by atoms with van der Waals surface area (Å²) in [5.74, 6) is -3.69. The first-order valence-electron chi connectivity index (χ1n) is 10.6. The highest BCUT2D eigenvalue weighted by molar-refractivity contribution is 7.15. The lowest BCUT2D eigenvalue weighted by Crippen LogP contribution is -2.41. The molecule has 1 aromatic carbocycles. The molecule has 0 unspecified atom stereocenters. The number of carboxylic acids is 1. The molecule has 0 saturated carbocycles. The third-order valence-electron chi connectivity index (χ3n) is 6.34. The predicted molar refractivity (Wildman–Crippen MR) is 121 cm³/mol. The second-order valence-corrected chi connectivity index (χ2v) is 10.2. The average Bonchev–Trinajstić information content (AvgIpc) is 3.47. The van der Waals surface area contributed by atoms with Crippen LogP contribution in [0.25, 0.3) is 11.1 Å². The van der Waals surface area contributed by atoms with E-state index in [2.05, 4.69) is 26.1 Å². The number of ether oxygens (including phenoxy) is 2. The number of hydrogen-bond donors (Lipinski definition) is 2. The summed E-state index contributed by atoms with van der Waals surface area (Å²) in [4.78, 5) is 37.5. The Hall–Kier alpha value is -2.71. The molecule has 2 aliphatic heterocycles. The van der Waals surface area contributed by atoms with Crippen molar-refractivity contribution in [3.05, 3.63) is 40.8 Å². The number of amides is 1. The van der Waals surface area contributed by atoms with E-state index in [1.54, 1.807) is 5.38 Å². The van der Waals surface area contributed by atoms with Gasteiger partial charge in [-0.25, -0.2) is 4.79 Å². The molecule has 4 atom stereocenters. The third kappa shape index (κ3) is 3.93. The molecule has 8 heteroatoms. The van der Waals surface area contributed by atoms with Crippen LogP contribution in [-0.4, -0.2) is 42.3 Å². The van der Waals surface area contributed by atoms with Crippen molar-refractivity contribution >= 4 is 34.2 Å². The first-order chi connectivity index (χ1) is 15.1. The molecule has 2 N–H and O–H groups in total. The van der Waals surface area contributed by atoms with E-state index >= 15 is 0 Å². The van der Waals surface area contributed by atoms with E-state index in [0.29, 0.717) is 23.4 Å². The van der Waals surface area contributed by atoms with Crippen LogP contribution in [0.3, 0.4) is 0 Å². The fourth-order valence-corrected chi connectivity index (χ4v) is 5.60. The van der Waals surface area contributed by atoms with E-state index in [-0.39, 0.29) is 11.0 Å². The number of aliphatic carboxylic acids is 1. The molecule has 170 valence electrons. The van der Waals surface area contributed by atoms with E-state index < -0.39 is 41.9 Å². The largest absolute Gasteiger partial charge is 0.481 e. The number of carbonyl (C=O) groups excluding carboxylic acids is 2. The smallest absolute Gasteiger partial charge is 0.341 e. The fraction of sp³-hybridized carbons (Fsp3) is 0.458. The van der Waals surface area contributed by atoms with Gasteiger partial charge in [0.15, 0.2) is 0 Å². The Balaban J connectivity index is 1.64. The number of benzene rings is 1. The van der Waals surface area contributed by atoms with Crippen LogP contribution in [0.15, 0.2) is 29.6 Å². The van der Waals surface area contributed by atoms with Crippen LogP contribution in [0, 0.1) is 11.8 Å². The van der Waals surface area contributed by atoms with Crippen LogP contribution in [0.2, 0.25) is 0 Å². The summed E-state index contributed by atoms with van der Waals surface area (Å²) >= 11 is 1.22. The van der Waals surface area contributed by atoms with Crippen molar-refractivity contribution in [1.29, 1.82) is 0 Å². The first-order valence-corrected chi connectivity index (χ1v) is 11.5. The third-order valence-corrected chi connectivity index (χ3v) is 7.24. The summed E-state index contributed by atoms with van der Waals surface area (Å²) < 4.78 is 10.7. The van der Waals surface area contributed by atoms with Crippen LogP contribution >= 0.6 is 11.3 Å². The maximum Gasteiger partial charge on any atom is 0.341 e. The standard InChI is InChI=1S/C24H27NO6S/c1-24(2,3)13-7-5-12(6-8-13)14-11-32-21(17(14)23(29)30-4)25-20(26)18-15-9-10-16(31-15)19(18)22(27)28/h5-8,11,15-16,18-19H,9-10H2,1-4H3,(H,25,26)(H,27,28)/t15-,16-,18-,19-/m0/s1. The number of esters is 1. The Morgan fingerprint density at radius 3 is 2.28 bits per heavy atom. The second kappa shape index (κ2) is 8.33. The molecule has 7 nitrogen and oxygen atoms in total. The Labute approximate surface area is 190 Å². The molecule has 1 amide bonds. The van der Waals surface area contributed by atoms with Crippen molar-refractivity contribution in [1.82, 2.24) is 0 Å². The van der Waals surface area contributed by atoms with Gasteiger partial charge in [-0.2, -0.15) is 0 Å². The van der Waals surface area contributed by atoms with Gasteiger partial charge in [0.05, 0.1) is 31.2 Å². The maximum absolute atomic E-state index is 13.1. The normalized spacial score (nSPS) is 24.4. The van der Waals surface area contributed by atoms with Crippen molar-refractivity contribution in [2.45, 2.75) is 51.2 Å². The molecule has 1 aromatic heterocycles. The zero-order valence-electron chi connectivity index (χ0n) is 18.5. The number of carboxylic acid groups (broad SMARTS) is 1. The minimum Gasteiger partial charge on any atom is -0.481 e. The topological polar surface area (TPSA) is 102 Å². The highest BCUT2D eigenvalue weighted by Crippen LogP contribution is 2.45. The Bertz CT molecular complexity index is 1050. The van der Waals surface area contributed by atoms with Crippen LogP contribution in [0.4, 0.5) is 5.00 Å². The van der Waals surface area contributed by atoms with Gasteiger partial charge in [-0.15, -0.1) is 11.3 Å². The van der Waals surface area contributed by atoms with E-state index in [9.17, 15) is 19.5 Å². The van der Waals surface area contributed by atoms with Gasteiger partial charge in [0.2, 0.25) is 5.91 Å². The molecule has 3 heterocycles. The number of nitrogens with one attached hydrogen (secondary N) is 1. The van der Waals surface area contributed by atoms with Crippen molar-refractivity contribution in [3.63, 3.8) is 0 Å². The van der Waals surface area contributed by atoms with Gasteiger partial charge < -0.3 is 19.9 Å². The Morgan fingerprint density at radius 2 is 1.72 bits per heavy atom. The minimum absolute atomic E-state index is 0.000902. The lowest BCUT2D eigenvalue weighted by atomic mass is 9.78. The zero-order chi connectivity index (χ0) is 23.2. The molecule has 2 saturated heterocycles. The first kappa shape index (κ1) is 22.5. The summed E-state index contributed by atoms with van der Waals surface area (Å²) in [7, 11) is 1.29. The Kier molecular flexibility index (Phi) is 5.85. The average molecular weight is 458 g/mol. The molecule has 2 aliphatic rings. The summed E-state index contributed by atoms with van der Waals surface area (Å²) in [5, 5.41) is 14.6. The number of thiophene rings is 1. The minimum atomic E-state index is -1.03. The van der Waals surface area contributed by atoms with Gasteiger partial charge in [0.25, 0.3) is 0 Å². The quantitative estimate of drug-likeness (QED) is 0.649. The van der Waals surface area contributed by atoms with Crippen molar-refractivity contribution in [2.24, 2.45) is 11.8 Å². The van der Waals surface area contributed by atoms with Crippen molar-refractivity contribution in [3.8, 4) is 11.1 Å². The molecule has 0 aliphatic carbocycles. The molecule has 4 rings (SSSR count). The van der Waals surface area contributed by atoms with Crippen LogP contribution in [0.1, 0.15) is 49.5 Å². The number of hydrogen-bond acceptors (Lipinski definition) is 6. The van der Waals surface area contributed by atoms with E-state index in [0.717, 1.165) is 5.56 Å². The highest BCUT2D eigenvalue weighted by atomic mass is 32.1. The van der Waals surface area contributed by atoms with Crippen LogP contribution in [0.5, 0.6) is 0 Å². The van der Waals surface area contributed by atoms with E-state index in [4.69, 9.17) is 9.47 Å². The molecule has 2 bridgehead atoms. The monoisotopic (exact) mass is 457 g/mol. The summed E-state index contributed by atoms with van der Waals surface area (Å²) in [6.45, 7) is 6.39. The SMILES string of the molecule is COC(=O)c1c(-c2ccc(C(C)(C)C)cc2)csc1NC(=O)[C@@H]1[C@@H](C(=O)O)[C@@H]2CC[C@@H]1O2. The van der Waals surface area contributed by atoms with E-state index in [1.165, 1.54) is 24.0 Å². The summed E-state index contributed by atoms with van der Waals surface area (Å²) in [6.07, 6.45) is 0.458. The zero-order valence-corrected chi connectivity index (χ0v) is 19.3. The van der Waals surface area contributed by atoms with Gasteiger partial charge in [0, 0.05) is 10.9 Å². The lowest BCUT2D eigenvalue weighted by molar-refractivity contribution is -0.147. The van der Waals surface area contributed by atoms with Gasteiger partial charge >= 0.3 is 11.9 Å². The Morgan fingerprint density at radius 1 is 1.09 bits per heavy atom. The fourth-order valence-electron chi connectivity index (χ4n) is 4.64.